The summed E-state index contributed by atoms with van der Waals surface area (Å²) in [4.78, 5) is 0. The maximum Gasteiger partial charge on any atom is 0 e. The van der Waals surface area contributed by atoms with Crippen molar-refractivity contribution in [3.05, 3.63) is 0 Å². The molecular weight excluding hydrogens is 439 g/mol. The first-order chi connectivity index (χ1) is 0. The molecule has 0 spiro atoms. The second kappa shape index (κ2) is 26.3. The van der Waals surface area contributed by atoms with Gasteiger partial charge in [0.15, 0.2) is 0 Å². The standard InChI is InChI=1S/Cd.Cu.H2Se.Sn.Zn.2H/h;;1H2;;;;. The summed E-state index contributed by atoms with van der Waals surface area (Å²) < 4.78 is 0. The van der Waals surface area contributed by atoms with Crippen molar-refractivity contribution in [1.82, 2.24) is 0 Å². The molecule has 29 valence electrons. The Kier molecular flexibility index (Phi) is 210. The van der Waals surface area contributed by atoms with E-state index in [4.69, 9.17) is 0 Å². The van der Waals surface area contributed by atoms with Gasteiger partial charge in [0.05, 0.1) is 0 Å². The smallest absolute Gasteiger partial charge is 0 e. The third-order valence-electron chi connectivity index (χ3n) is 0. The van der Waals surface area contributed by atoms with Crippen molar-refractivity contribution in [3.8, 4) is 0 Å². The molecule has 3 radical (unpaired) electrons. The van der Waals surface area contributed by atoms with E-state index in [2.05, 4.69) is 0 Å². The Morgan fingerprint density at radius 1 is 1.00 bits per heavy atom. The van der Waals surface area contributed by atoms with Gasteiger partial charge < -0.3 is 0 Å². The van der Waals surface area contributed by atoms with Crippen LogP contribution in [0.3, 0.4) is 0 Å². The fourth-order valence-corrected chi connectivity index (χ4v) is 0. The van der Waals surface area contributed by atoms with E-state index in [1.54, 1.807) is 0 Å². The second-order valence-electron chi connectivity index (χ2n) is 0. The molecule has 0 aromatic rings. The normalized spacial score (nSPS) is 0. The monoisotopic (exact) mass is 445 g/mol. The van der Waals surface area contributed by atoms with E-state index < -0.39 is 0 Å². The molecular formula is H4CdCuSeSnZn. The molecule has 0 unspecified atom stereocenters. The van der Waals surface area contributed by atoms with Gasteiger partial charge in [-0.15, -0.1) is 0 Å². The van der Waals surface area contributed by atoms with Crippen molar-refractivity contribution in [2.24, 2.45) is 0 Å². The molecule has 5 heavy (non-hydrogen) atoms. The molecule has 0 N–H and O–H groups in total. The molecule has 0 saturated heterocycles. The van der Waals surface area contributed by atoms with Crippen LogP contribution in [0.15, 0.2) is 0 Å². The molecule has 0 rings (SSSR count). The largest absolute Gasteiger partial charge is 0 e. The molecule has 0 bridgehead atoms. The zero-order chi connectivity index (χ0) is 0. The molecule has 0 fully saturated rings. The molecule has 0 aromatic carbocycles. The van der Waals surface area contributed by atoms with Crippen LogP contribution < -0.4 is 0 Å². The fraction of sp³-hybridized carbons (Fsp3) is 0. The summed E-state index contributed by atoms with van der Waals surface area (Å²) in [6.45, 7) is 0. The van der Waals surface area contributed by atoms with Gasteiger partial charge in [-0.25, -0.2) is 0 Å². The minimum atomic E-state index is 0. The van der Waals surface area contributed by atoms with Crippen LogP contribution in [0.4, 0.5) is 0 Å². The van der Waals surface area contributed by atoms with Crippen molar-refractivity contribution in [3.63, 3.8) is 0 Å². The van der Waals surface area contributed by atoms with Crippen LogP contribution in [0.25, 0.3) is 0 Å². The van der Waals surface area contributed by atoms with Crippen LogP contribution in [-0.4, -0.2) is 41.0 Å². The Labute approximate surface area is 103 Å². The summed E-state index contributed by atoms with van der Waals surface area (Å²) >= 11 is 0. The Morgan fingerprint density at radius 3 is 1.00 bits per heavy atom. The van der Waals surface area contributed by atoms with E-state index in [1.807, 2.05) is 0 Å². The van der Waals surface area contributed by atoms with Crippen LogP contribution in [0.5, 0.6) is 0 Å². The summed E-state index contributed by atoms with van der Waals surface area (Å²) in [5.41, 5.74) is 0. The Balaban J connectivity index is 0. The SMILES string of the molecule is [Cd].[Cu].[SeH2].[SnH2].[Zn]. The number of rotatable bonds is 0. The zero-order valence-electron chi connectivity index (χ0n) is 2.92. The van der Waals surface area contributed by atoms with Crippen molar-refractivity contribution in [2.75, 3.05) is 0 Å². The Bertz CT molecular complexity index is 11.6. The second-order valence-corrected chi connectivity index (χ2v) is 0. The maximum atomic E-state index is 0. The third-order valence-corrected chi connectivity index (χ3v) is 0. The Hall–Kier alpha value is 3.38. The van der Waals surface area contributed by atoms with Gasteiger partial charge >= 0.3 is 41.0 Å². The Morgan fingerprint density at radius 2 is 1.00 bits per heavy atom. The molecule has 0 saturated carbocycles. The molecule has 0 atom stereocenters. The van der Waals surface area contributed by atoms with Crippen LogP contribution in [0, 0.1) is 0 Å². The van der Waals surface area contributed by atoms with Crippen molar-refractivity contribution < 1.29 is 63.8 Å². The van der Waals surface area contributed by atoms with Gasteiger partial charge in [-0.3, -0.25) is 0 Å². The van der Waals surface area contributed by atoms with Gasteiger partial charge in [0.1, 0.15) is 0 Å². The van der Waals surface area contributed by atoms with Crippen LogP contribution in [0.2, 0.25) is 0 Å². The summed E-state index contributed by atoms with van der Waals surface area (Å²) in [7, 11) is 0. The first-order valence-electron chi connectivity index (χ1n) is 0. The van der Waals surface area contributed by atoms with Crippen molar-refractivity contribution >= 4 is 41.0 Å². The van der Waals surface area contributed by atoms with Gasteiger partial charge in [0.25, 0.3) is 0 Å². The number of hydrogen-bond acceptors (Lipinski definition) is 0. The topological polar surface area (TPSA) is 0 Å². The summed E-state index contributed by atoms with van der Waals surface area (Å²) in [6.07, 6.45) is 0. The average molecular weight is 443 g/mol. The molecule has 5 heteroatoms. The predicted octanol–water partition coefficient (Wildman–Crippen LogP) is -1.84. The summed E-state index contributed by atoms with van der Waals surface area (Å²) in [5, 5.41) is 0. The van der Waals surface area contributed by atoms with Gasteiger partial charge in [0.2, 0.25) is 0 Å². The number of hydrogen-bond donors (Lipinski definition) is 0. The molecule has 0 aliphatic rings. The maximum absolute atomic E-state index is 0. The van der Waals surface area contributed by atoms with E-state index in [-0.39, 0.29) is 105 Å². The first-order valence-corrected chi connectivity index (χ1v) is 0. The van der Waals surface area contributed by atoms with Gasteiger partial charge in [-0.05, 0) is 0 Å². The molecule has 0 aliphatic heterocycles. The van der Waals surface area contributed by atoms with E-state index in [9.17, 15) is 0 Å². The minimum absolute atomic E-state index is 0. The zero-order valence-corrected chi connectivity index (χ0v) is 17.0. The van der Waals surface area contributed by atoms with Crippen molar-refractivity contribution in [2.45, 2.75) is 0 Å². The quantitative estimate of drug-likeness (QED) is 0.387. The molecule has 0 nitrogen and oxygen atoms in total. The van der Waals surface area contributed by atoms with Crippen molar-refractivity contribution in [1.29, 1.82) is 0 Å². The van der Waals surface area contributed by atoms with Crippen LogP contribution >= 0.6 is 0 Å². The molecule has 0 amide bonds. The van der Waals surface area contributed by atoms with Gasteiger partial charge in [-0.2, -0.15) is 0 Å². The molecule has 0 aliphatic carbocycles. The predicted molar refractivity (Wildman–Crippen MR) is 17.1 cm³/mol. The van der Waals surface area contributed by atoms with E-state index in [0.29, 0.717) is 0 Å². The molecule has 0 heterocycles. The van der Waals surface area contributed by atoms with Gasteiger partial charge in [0, 0.05) is 63.8 Å². The van der Waals surface area contributed by atoms with Crippen LogP contribution in [0.1, 0.15) is 0 Å². The summed E-state index contributed by atoms with van der Waals surface area (Å²) in [6, 6.07) is 0. The minimum Gasteiger partial charge on any atom is 0 e. The average Bonchev–Trinajstić information content (AvgIpc) is 0. The van der Waals surface area contributed by atoms with E-state index in [0.717, 1.165) is 0 Å². The van der Waals surface area contributed by atoms with Gasteiger partial charge in [-0.1, -0.05) is 0 Å². The fourth-order valence-electron chi connectivity index (χ4n) is 0. The van der Waals surface area contributed by atoms with Crippen LogP contribution in [-0.2, 0) is 63.8 Å². The van der Waals surface area contributed by atoms with E-state index >= 15 is 0 Å². The molecule has 0 aromatic heterocycles. The first kappa shape index (κ1) is 39.9. The summed E-state index contributed by atoms with van der Waals surface area (Å²) in [5.74, 6) is 0. The van der Waals surface area contributed by atoms with E-state index in [1.165, 1.54) is 0 Å². The third kappa shape index (κ3) is 18.7.